The Kier molecular flexibility index (Phi) is 5.26. The third-order valence-corrected chi connectivity index (χ3v) is 3.57. The van der Waals surface area contributed by atoms with E-state index in [0.717, 1.165) is 10.9 Å². The fourth-order valence-electron chi connectivity index (χ4n) is 2.42. The SMILES string of the molecule is COC(=O)C(CC(C)C)NC(=O)c1cc2ccc(OC)cc2[nH]1. The van der Waals surface area contributed by atoms with Crippen LogP contribution < -0.4 is 10.1 Å². The summed E-state index contributed by atoms with van der Waals surface area (Å²) in [7, 11) is 2.90. The van der Waals surface area contributed by atoms with Crippen LogP contribution in [0.5, 0.6) is 5.75 Å². The molecule has 0 radical (unpaired) electrons. The lowest BCUT2D eigenvalue weighted by Gasteiger charge is -2.17. The fraction of sp³-hybridized carbons (Fsp3) is 0.412. The highest BCUT2D eigenvalue weighted by Crippen LogP contribution is 2.21. The van der Waals surface area contributed by atoms with Gasteiger partial charge < -0.3 is 19.8 Å². The van der Waals surface area contributed by atoms with E-state index in [1.165, 1.54) is 7.11 Å². The molecule has 1 heterocycles. The lowest BCUT2D eigenvalue weighted by molar-refractivity contribution is -0.143. The van der Waals surface area contributed by atoms with Gasteiger partial charge in [-0.2, -0.15) is 0 Å². The minimum Gasteiger partial charge on any atom is -0.497 e. The van der Waals surface area contributed by atoms with Crippen molar-refractivity contribution < 1.29 is 19.1 Å². The van der Waals surface area contributed by atoms with Crippen molar-refractivity contribution in [1.82, 2.24) is 10.3 Å². The summed E-state index contributed by atoms with van der Waals surface area (Å²) in [5.41, 5.74) is 1.19. The normalized spacial score (nSPS) is 12.2. The quantitative estimate of drug-likeness (QED) is 0.802. The van der Waals surface area contributed by atoms with Crippen LogP contribution in [0.25, 0.3) is 10.9 Å². The van der Waals surface area contributed by atoms with Gasteiger partial charge in [-0.25, -0.2) is 4.79 Å². The third-order valence-electron chi connectivity index (χ3n) is 3.57. The second-order valence-electron chi connectivity index (χ2n) is 5.81. The first-order chi connectivity index (χ1) is 10.9. The Morgan fingerprint density at radius 1 is 1.22 bits per heavy atom. The van der Waals surface area contributed by atoms with Gasteiger partial charge in [0.2, 0.25) is 0 Å². The Labute approximate surface area is 135 Å². The molecule has 1 amide bonds. The zero-order chi connectivity index (χ0) is 17.0. The zero-order valence-electron chi connectivity index (χ0n) is 13.8. The molecule has 2 N–H and O–H groups in total. The second-order valence-corrected chi connectivity index (χ2v) is 5.81. The predicted molar refractivity (Wildman–Crippen MR) is 87.6 cm³/mol. The number of rotatable bonds is 6. The number of carbonyl (C=O) groups is 2. The highest BCUT2D eigenvalue weighted by atomic mass is 16.5. The zero-order valence-corrected chi connectivity index (χ0v) is 13.8. The highest BCUT2D eigenvalue weighted by Gasteiger charge is 2.23. The van der Waals surface area contributed by atoms with E-state index in [-0.39, 0.29) is 11.8 Å². The minimum atomic E-state index is -0.659. The van der Waals surface area contributed by atoms with Gasteiger partial charge >= 0.3 is 5.97 Å². The van der Waals surface area contributed by atoms with Crippen LogP contribution in [0.15, 0.2) is 24.3 Å². The number of ether oxygens (including phenoxy) is 2. The van der Waals surface area contributed by atoms with Crippen molar-refractivity contribution in [3.05, 3.63) is 30.0 Å². The van der Waals surface area contributed by atoms with E-state index in [9.17, 15) is 9.59 Å². The molecule has 0 saturated heterocycles. The largest absolute Gasteiger partial charge is 0.497 e. The van der Waals surface area contributed by atoms with E-state index in [1.807, 2.05) is 32.0 Å². The molecule has 6 heteroatoms. The van der Waals surface area contributed by atoms with E-state index in [2.05, 4.69) is 10.3 Å². The van der Waals surface area contributed by atoms with E-state index in [0.29, 0.717) is 17.9 Å². The summed E-state index contributed by atoms with van der Waals surface area (Å²) in [6.45, 7) is 3.97. The lowest BCUT2D eigenvalue weighted by atomic mass is 10.0. The molecule has 0 aliphatic rings. The maximum Gasteiger partial charge on any atom is 0.328 e. The monoisotopic (exact) mass is 318 g/mol. The number of hydrogen-bond acceptors (Lipinski definition) is 4. The fourth-order valence-corrected chi connectivity index (χ4v) is 2.42. The van der Waals surface area contributed by atoms with Gasteiger partial charge in [0.1, 0.15) is 17.5 Å². The van der Waals surface area contributed by atoms with Gasteiger partial charge in [-0.1, -0.05) is 13.8 Å². The van der Waals surface area contributed by atoms with Crippen molar-refractivity contribution in [2.75, 3.05) is 14.2 Å². The van der Waals surface area contributed by atoms with Gasteiger partial charge in [0.15, 0.2) is 0 Å². The van der Waals surface area contributed by atoms with Crippen LogP contribution >= 0.6 is 0 Å². The molecule has 124 valence electrons. The second kappa shape index (κ2) is 7.17. The molecule has 1 unspecified atom stereocenters. The molecule has 0 aliphatic heterocycles. The van der Waals surface area contributed by atoms with Crippen molar-refractivity contribution in [2.24, 2.45) is 5.92 Å². The molecular weight excluding hydrogens is 296 g/mol. The number of aromatic nitrogens is 1. The molecule has 0 fully saturated rings. The number of nitrogens with one attached hydrogen (secondary N) is 2. The van der Waals surface area contributed by atoms with Crippen LogP contribution in [0.3, 0.4) is 0 Å². The molecule has 0 bridgehead atoms. The van der Waals surface area contributed by atoms with Gasteiger partial charge in [-0.3, -0.25) is 4.79 Å². The average Bonchev–Trinajstić information content (AvgIpc) is 2.95. The lowest BCUT2D eigenvalue weighted by Crippen LogP contribution is -2.42. The number of amides is 1. The van der Waals surface area contributed by atoms with Crippen molar-refractivity contribution in [3.63, 3.8) is 0 Å². The number of methoxy groups -OCH3 is 2. The molecule has 1 aromatic carbocycles. The molecule has 1 atom stereocenters. The summed E-state index contributed by atoms with van der Waals surface area (Å²) in [6.07, 6.45) is 0.520. The van der Waals surface area contributed by atoms with Crippen molar-refractivity contribution in [1.29, 1.82) is 0 Å². The predicted octanol–water partition coefficient (Wildman–Crippen LogP) is 2.49. The van der Waals surface area contributed by atoms with Crippen LogP contribution in [0.2, 0.25) is 0 Å². The topological polar surface area (TPSA) is 80.4 Å². The number of carbonyl (C=O) groups excluding carboxylic acids is 2. The number of esters is 1. The molecule has 1 aromatic heterocycles. The first-order valence-corrected chi connectivity index (χ1v) is 7.50. The molecular formula is C17H22N2O4. The van der Waals surface area contributed by atoms with E-state index in [4.69, 9.17) is 9.47 Å². The van der Waals surface area contributed by atoms with Crippen LogP contribution in [0, 0.1) is 5.92 Å². The number of aromatic amines is 1. The summed E-state index contributed by atoms with van der Waals surface area (Å²) >= 11 is 0. The van der Waals surface area contributed by atoms with E-state index < -0.39 is 12.0 Å². The van der Waals surface area contributed by atoms with Gasteiger partial charge in [-0.15, -0.1) is 0 Å². The van der Waals surface area contributed by atoms with Crippen LogP contribution in [0.4, 0.5) is 0 Å². The van der Waals surface area contributed by atoms with Gasteiger partial charge in [-0.05, 0) is 30.5 Å². The standard InChI is InChI=1S/C17H22N2O4/c1-10(2)7-15(17(21)23-4)19-16(20)14-8-11-5-6-12(22-3)9-13(11)18-14/h5-6,8-10,15,18H,7H2,1-4H3,(H,19,20). The molecule has 2 rings (SSSR count). The summed E-state index contributed by atoms with van der Waals surface area (Å²) in [4.78, 5) is 27.2. The summed E-state index contributed by atoms with van der Waals surface area (Å²) < 4.78 is 9.92. The van der Waals surface area contributed by atoms with Crippen LogP contribution in [0.1, 0.15) is 30.8 Å². The van der Waals surface area contributed by atoms with Crippen LogP contribution in [-0.2, 0) is 9.53 Å². The summed E-state index contributed by atoms with van der Waals surface area (Å²) in [6, 6.07) is 6.60. The van der Waals surface area contributed by atoms with Gasteiger partial charge in [0.05, 0.1) is 14.2 Å². The Bertz CT molecular complexity index is 706. The first kappa shape index (κ1) is 16.9. The maximum absolute atomic E-state index is 12.4. The average molecular weight is 318 g/mol. The van der Waals surface area contributed by atoms with Gasteiger partial charge in [0.25, 0.3) is 5.91 Å². The molecule has 0 spiro atoms. The molecule has 6 nitrogen and oxygen atoms in total. The highest BCUT2D eigenvalue weighted by molar-refractivity contribution is 5.99. The summed E-state index contributed by atoms with van der Waals surface area (Å²) in [5.74, 6) is 0.186. The maximum atomic E-state index is 12.4. The minimum absolute atomic E-state index is 0.256. The Morgan fingerprint density at radius 3 is 2.57 bits per heavy atom. The van der Waals surface area contributed by atoms with E-state index in [1.54, 1.807) is 13.2 Å². The Balaban J connectivity index is 2.19. The number of benzene rings is 1. The third kappa shape index (κ3) is 4.03. The molecule has 2 aromatic rings. The van der Waals surface area contributed by atoms with Crippen molar-refractivity contribution in [2.45, 2.75) is 26.3 Å². The van der Waals surface area contributed by atoms with Crippen molar-refractivity contribution >= 4 is 22.8 Å². The number of hydrogen-bond donors (Lipinski definition) is 2. The Morgan fingerprint density at radius 2 is 1.96 bits per heavy atom. The number of fused-ring (bicyclic) bond motifs is 1. The molecule has 23 heavy (non-hydrogen) atoms. The number of H-pyrrole nitrogens is 1. The molecule has 0 aliphatic carbocycles. The molecule has 0 saturated carbocycles. The smallest absolute Gasteiger partial charge is 0.328 e. The van der Waals surface area contributed by atoms with E-state index >= 15 is 0 Å². The Hall–Kier alpha value is -2.50. The first-order valence-electron chi connectivity index (χ1n) is 7.50. The summed E-state index contributed by atoms with van der Waals surface area (Å²) in [5, 5.41) is 3.63. The van der Waals surface area contributed by atoms with Crippen LogP contribution in [-0.4, -0.2) is 37.1 Å². The van der Waals surface area contributed by atoms with Crippen molar-refractivity contribution in [3.8, 4) is 5.75 Å². The van der Waals surface area contributed by atoms with Gasteiger partial charge in [0, 0.05) is 17.0 Å².